The van der Waals surface area contributed by atoms with Gasteiger partial charge in [-0.1, -0.05) is 44.4 Å². The number of nitrogen functional groups attached to an aromatic ring is 1. The van der Waals surface area contributed by atoms with Gasteiger partial charge in [0.05, 0.1) is 5.69 Å². The number of nitrogens with zero attached hydrogens (tertiary/aromatic N) is 1. The summed E-state index contributed by atoms with van der Waals surface area (Å²) in [5, 5.41) is 2.86. The molecule has 0 unspecified atom stereocenters. The fourth-order valence-electron chi connectivity index (χ4n) is 4.02. The molecule has 1 aliphatic carbocycles. The van der Waals surface area contributed by atoms with Gasteiger partial charge in [-0.05, 0) is 54.5 Å². The summed E-state index contributed by atoms with van der Waals surface area (Å²) in [6.45, 7) is 6.00. The minimum absolute atomic E-state index is 0.0640. The molecule has 0 amide bonds. The van der Waals surface area contributed by atoms with E-state index in [-0.39, 0.29) is 11.4 Å². The number of hydrogen-bond acceptors (Lipinski definition) is 3. The normalized spacial score (nSPS) is 14.6. The number of nitrogens with two attached hydrogens (primary N) is 1. The van der Waals surface area contributed by atoms with E-state index >= 15 is 0 Å². The molecule has 3 N–H and O–H groups in total. The zero-order valence-corrected chi connectivity index (χ0v) is 17.0. The van der Waals surface area contributed by atoms with Gasteiger partial charge in [0.1, 0.15) is 5.69 Å². The molecule has 5 heteroatoms. The van der Waals surface area contributed by atoms with Crippen LogP contribution >= 0.6 is 0 Å². The van der Waals surface area contributed by atoms with Crippen molar-refractivity contribution in [2.75, 3.05) is 17.6 Å². The molecule has 1 fully saturated rings. The van der Waals surface area contributed by atoms with Gasteiger partial charge in [0.25, 0.3) is 0 Å². The molecule has 0 bridgehead atoms. The van der Waals surface area contributed by atoms with Crippen molar-refractivity contribution in [1.82, 2.24) is 4.98 Å². The number of allylic oxidation sites excluding steroid dienone is 3. The van der Waals surface area contributed by atoms with E-state index in [1.54, 1.807) is 19.3 Å². The van der Waals surface area contributed by atoms with Crippen LogP contribution in [0.15, 0.2) is 43.3 Å². The molecule has 1 aromatic heterocycles. The van der Waals surface area contributed by atoms with Crippen LogP contribution in [-0.4, -0.2) is 11.5 Å². The van der Waals surface area contributed by atoms with Crippen LogP contribution < -0.4 is 11.1 Å². The lowest BCUT2D eigenvalue weighted by atomic mass is 9.96. The van der Waals surface area contributed by atoms with Gasteiger partial charge in [0, 0.05) is 24.5 Å². The number of nitrogens with one attached hydrogen (secondary N) is 1. The average Bonchev–Trinajstić information content (AvgIpc) is 3.23. The molecule has 3 rings (SSSR count). The van der Waals surface area contributed by atoms with Crippen molar-refractivity contribution in [2.24, 2.45) is 5.92 Å². The summed E-state index contributed by atoms with van der Waals surface area (Å²) < 4.78 is 29.8. The van der Waals surface area contributed by atoms with Crippen molar-refractivity contribution in [3.8, 4) is 0 Å². The van der Waals surface area contributed by atoms with Gasteiger partial charge < -0.3 is 11.1 Å². The van der Waals surface area contributed by atoms with E-state index in [9.17, 15) is 8.78 Å². The Hall–Kier alpha value is -2.69. The highest BCUT2D eigenvalue weighted by Crippen LogP contribution is 2.36. The number of rotatable bonds is 8. The van der Waals surface area contributed by atoms with Crippen molar-refractivity contribution in [2.45, 2.75) is 45.4 Å². The average molecular weight is 398 g/mol. The van der Waals surface area contributed by atoms with Crippen LogP contribution in [-0.2, 0) is 6.42 Å². The number of hydrogen-bond donors (Lipinski definition) is 2. The summed E-state index contributed by atoms with van der Waals surface area (Å²) in [5.74, 6) is -0.673. The van der Waals surface area contributed by atoms with Gasteiger partial charge in [0.2, 0.25) is 0 Å². The molecule has 1 heterocycles. The first-order valence-corrected chi connectivity index (χ1v) is 10.2. The predicted molar refractivity (Wildman–Crippen MR) is 117 cm³/mol. The smallest absolute Gasteiger partial charge is 0.172 e. The zero-order chi connectivity index (χ0) is 20.8. The summed E-state index contributed by atoms with van der Waals surface area (Å²) in [6, 6.07) is 3.75. The van der Waals surface area contributed by atoms with Gasteiger partial charge >= 0.3 is 0 Å². The summed E-state index contributed by atoms with van der Waals surface area (Å²) in [5.41, 5.74) is 8.04. The first-order valence-electron chi connectivity index (χ1n) is 10.2. The van der Waals surface area contributed by atoms with Crippen molar-refractivity contribution >= 4 is 16.9 Å². The lowest BCUT2D eigenvalue weighted by Crippen LogP contribution is -2.12. The van der Waals surface area contributed by atoms with Crippen LogP contribution in [0, 0.1) is 24.5 Å². The maximum Gasteiger partial charge on any atom is 0.172 e. The van der Waals surface area contributed by atoms with Crippen LogP contribution in [0.3, 0.4) is 0 Å². The third-order valence-corrected chi connectivity index (χ3v) is 5.70. The molecule has 0 spiro atoms. The lowest BCUT2D eigenvalue weighted by Gasteiger charge is -2.17. The van der Waals surface area contributed by atoms with Crippen molar-refractivity contribution in [1.29, 1.82) is 0 Å². The van der Waals surface area contributed by atoms with E-state index in [1.165, 1.54) is 25.7 Å². The summed E-state index contributed by atoms with van der Waals surface area (Å²) in [7, 11) is 0. The van der Waals surface area contributed by atoms with Gasteiger partial charge in [-0.15, -0.1) is 0 Å². The third kappa shape index (κ3) is 5.03. The third-order valence-electron chi connectivity index (χ3n) is 5.70. The number of benzene rings is 1. The van der Waals surface area contributed by atoms with Crippen LogP contribution in [0.4, 0.5) is 20.2 Å². The number of aromatic nitrogens is 1. The number of pyridine rings is 1. The first kappa shape index (κ1) is 21.0. The molecular formula is C24H29F2N3. The second-order valence-corrected chi connectivity index (χ2v) is 7.76. The van der Waals surface area contributed by atoms with Crippen molar-refractivity contribution in [3.63, 3.8) is 0 Å². The van der Waals surface area contributed by atoms with E-state index in [0.717, 1.165) is 12.0 Å². The second-order valence-electron chi connectivity index (χ2n) is 7.76. The Morgan fingerprint density at radius 2 is 1.93 bits per heavy atom. The zero-order valence-electron chi connectivity index (χ0n) is 17.0. The van der Waals surface area contributed by atoms with E-state index < -0.39 is 11.6 Å². The first-order chi connectivity index (χ1) is 14.0. The minimum atomic E-state index is -0.761. The standard InChI is InChI=1S/C24H29F2N3/c1-16(6-5-9-18-7-3-4-8-18)20-17(2)21(25)24(22(26)23(20)27)29-15-12-19-10-13-28-14-11-19/h5-6,10-11,13-14,18,29H,1,3-4,7-9,12,15,27H2,2H3/b6-5-. The van der Waals surface area contributed by atoms with Crippen LogP contribution in [0.1, 0.15) is 48.8 Å². The fourth-order valence-corrected chi connectivity index (χ4v) is 4.02. The maximum atomic E-state index is 14.9. The van der Waals surface area contributed by atoms with Gasteiger partial charge in [-0.25, -0.2) is 8.78 Å². The van der Waals surface area contributed by atoms with Crippen LogP contribution in [0.2, 0.25) is 0 Å². The molecule has 0 saturated heterocycles. The Morgan fingerprint density at radius 3 is 2.62 bits per heavy atom. The molecule has 0 aliphatic heterocycles. The number of anilines is 2. The molecular weight excluding hydrogens is 368 g/mol. The molecule has 0 atom stereocenters. The fraction of sp³-hybridized carbons (Fsp3) is 0.375. The maximum absolute atomic E-state index is 14.9. The van der Waals surface area contributed by atoms with Crippen molar-refractivity contribution < 1.29 is 8.78 Å². The molecule has 3 nitrogen and oxygen atoms in total. The largest absolute Gasteiger partial charge is 0.396 e. The highest BCUT2D eigenvalue weighted by Gasteiger charge is 2.21. The van der Waals surface area contributed by atoms with E-state index in [1.807, 2.05) is 24.3 Å². The molecule has 0 radical (unpaired) electrons. The Morgan fingerprint density at radius 1 is 1.24 bits per heavy atom. The summed E-state index contributed by atoms with van der Waals surface area (Å²) >= 11 is 0. The Labute approximate surface area is 171 Å². The van der Waals surface area contributed by atoms with Gasteiger partial charge in [-0.2, -0.15) is 0 Å². The number of halogens is 2. The molecule has 1 aromatic carbocycles. The summed E-state index contributed by atoms with van der Waals surface area (Å²) in [6.07, 6.45) is 14.0. The molecule has 154 valence electrons. The monoisotopic (exact) mass is 397 g/mol. The second kappa shape index (κ2) is 9.68. The van der Waals surface area contributed by atoms with Crippen LogP contribution in [0.25, 0.3) is 5.57 Å². The SMILES string of the molecule is C=C(/C=C\CC1CCCC1)c1c(C)c(F)c(NCCc2ccncc2)c(F)c1N. The van der Waals surface area contributed by atoms with E-state index in [4.69, 9.17) is 5.73 Å². The topological polar surface area (TPSA) is 50.9 Å². The van der Waals surface area contributed by atoms with Gasteiger partial charge in [0.15, 0.2) is 11.6 Å². The van der Waals surface area contributed by atoms with Crippen molar-refractivity contribution in [3.05, 3.63) is 71.6 Å². The Kier molecular flexibility index (Phi) is 7.02. The van der Waals surface area contributed by atoms with Crippen LogP contribution in [0.5, 0.6) is 0 Å². The Balaban J connectivity index is 1.72. The molecule has 29 heavy (non-hydrogen) atoms. The molecule has 2 aromatic rings. The quantitative estimate of drug-likeness (QED) is 0.421. The highest BCUT2D eigenvalue weighted by atomic mass is 19.1. The van der Waals surface area contributed by atoms with Gasteiger partial charge in [-0.3, -0.25) is 4.98 Å². The predicted octanol–water partition coefficient (Wildman–Crippen LogP) is 6.05. The highest BCUT2D eigenvalue weighted by molar-refractivity contribution is 5.84. The summed E-state index contributed by atoms with van der Waals surface area (Å²) in [4.78, 5) is 3.96. The minimum Gasteiger partial charge on any atom is -0.396 e. The van der Waals surface area contributed by atoms with E-state index in [2.05, 4.69) is 16.9 Å². The lowest BCUT2D eigenvalue weighted by molar-refractivity contribution is 0.558. The Bertz CT molecular complexity index is 856. The molecule has 1 saturated carbocycles. The van der Waals surface area contributed by atoms with E-state index in [0.29, 0.717) is 35.6 Å². The molecule has 1 aliphatic rings.